The Morgan fingerprint density at radius 3 is 3.10 bits per heavy atom. The van der Waals surface area contributed by atoms with E-state index in [-0.39, 0.29) is 0 Å². The number of imidazole rings is 1. The Hall–Kier alpha value is -2.34. The number of nitrogens with zero attached hydrogens (tertiary/aromatic N) is 4. The fraction of sp³-hybridized carbons (Fsp3) is 0.154. The fourth-order valence-corrected chi connectivity index (χ4v) is 1.96. The van der Waals surface area contributed by atoms with Crippen LogP contribution in [-0.2, 0) is 0 Å². The molecular formula is C13H12ClN5O. The third-order valence-electron chi connectivity index (χ3n) is 2.60. The molecule has 0 aliphatic heterocycles. The van der Waals surface area contributed by atoms with E-state index in [1.807, 2.05) is 23.7 Å². The molecule has 1 N–H and O–H groups in total. The van der Waals surface area contributed by atoms with E-state index in [9.17, 15) is 0 Å². The molecule has 0 saturated heterocycles. The zero-order valence-electron chi connectivity index (χ0n) is 10.7. The number of nitrogens with one attached hydrogen (secondary N) is 1. The van der Waals surface area contributed by atoms with Crippen LogP contribution in [-0.4, -0.2) is 25.9 Å². The van der Waals surface area contributed by atoms with E-state index in [2.05, 4.69) is 20.3 Å². The number of ether oxygens (including phenoxy) is 1. The SMILES string of the molecule is CCNc1cn2ccnc2c(Oc2cncc(Cl)c2)n1. The van der Waals surface area contributed by atoms with E-state index in [1.54, 1.807) is 24.7 Å². The van der Waals surface area contributed by atoms with Crippen LogP contribution in [0.1, 0.15) is 6.92 Å². The van der Waals surface area contributed by atoms with Gasteiger partial charge in [-0.15, -0.1) is 0 Å². The molecule has 0 radical (unpaired) electrons. The molecule has 102 valence electrons. The summed E-state index contributed by atoms with van der Waals surface area (Å²) in [4.78, 5) is 12.6. The second kappa shape index (κ2) is 5.34. The molecule has 0 fully saturated rings. The summed E-state index contributed by atoms with van der Waals surface area (Å²) < 4.78 is 7.58. The van der Waals surface area contributed by atoms with Crippen LogP contribution in [0, 0.1) is 0 Å². The van der Waals surface area contributed by atoms with Crippen LogP contribution in [0.3, 0.4) is 0 Å². The third-order valence-corrected chi connectivity index (χ3v) is 2.80. The summed E-state index contributed by atoms with van der Waals surface area (Å²) in [6.07, 6.45) is 8.50. The van der Waals surface area contributed by atoms with Gasteiger partial charge in [0.1, 0.15) is 11.6 Å². The summed E-state index contributed by atoms with van der Waals surface area (Å²) in [5.74, 6) is 1.63. The average Bonchev–Trinajstić information content (AvgIpc) is 2.87. The lowest BCUT2D eigenvalue weighted by Gasteiger charge is -2.09. The van der Waals surface area contributed by atoms with E-state index in [4.69, 9.17) is 16.3 Å². The summed E-state index contributed by atoms with van der Waals surface area (Å²) in [6, 6.07) is 1.68. The lowest BCUT2D eigenvalue weighted by atomic mass is 10.4. The van der Waals surface area contributed by atoms with Gasteiger partial charge in [0.2, 0.25) is 5.65 Å². The van der Waals surface area contributed by atoms with Gasteiger partial charge in [0.25, 0.3) is 5.88 Å². The maximum atomic E-state index is 5.89. The van der Waals surface area contributed by atoms with Crippen LogP contribution >= 0.6 is 11.6 Å². The molecule has 3 aromatic heterocycles. The highest BCUT2D eigenvalue weighted by molar-refractivity contribution is 6.30. The Labute approximate surface area is 120 Å². The molecule has 0 amide bonds. The molecule has 3 rings (SSSR count). The first-order valence-corrected chi connectivity index (χ1v) is 6.50. The second-order valence-corrected chi connectivity index (χ2v) is 4.50. The number of rotatable bonds is 4. The lowest BCUT2D eigenvalue weighted by Crippen LogP contribution is -2.03. The lowest BCUT2D eigenvalue weighted by molar-refractivity contribution is 0.463. The minimum atomic E-state index is 0.400. The van der Waals surface area contributed by atoms with E-state index in [0.29, 0.717) is 28.1 Å². The first-order valence-electron chi connectivity index (χ1n) is 6.12. The van der Waals surface area contributed by atoms with Gasteiger partial charge in [-0.25, -0.2) is 4.98 Å². The van der Waals surface area contributed by atoms with Gasteiger partial charge in [-0.05, 0) is 6.92 Å². The molecular weight excluding hydrogens is 278 g/mol. The molecule has 3 aromatic rings. The number of hydrogen-bond acceptors (Lipinski definition) is 5. The van der Waals surface area contributed by atoms with Gasteiger partial charge < -0.3 is 10.1 Å². The summed E-state index contributed by atoms with van der Waals surface area (Å²) in [6.45, 7) is 2.77. The highest BCUT2D eigenvalue weighted by Crippen LogP contribution is 2.25. The first kappa shape index (κ1) is 12.7. The fourth-order valence-electron chi connectivity index (χ4n) is 1.80. The Morgan fingerprint density at radius 1 is 1.40 bits per heavy atom. The van der Waals surface area contributed by atoms with Gasteiger partial charge >= 0.3 is 0 Å². The predicted octanol–water partition coefficient (Wildman–Crippen LogP) is 3.00. The van der Waals surface area contributed by atoms with Crippen molar-refractivity contribution in [3.05, 3.63) is 42.1 Å². The summed E-state index contributed by atoms with van der Waals surface area (Å²) in [7, 11) is 0. The molecule has 3 heterocycles. The Bertz CT molecular complexity index is 742. The van der Waals surface area contributed by atoms with E-state index in [0.717, 1.165) is 6.54 Å². The van der Waals surface area contributed by atoms with Crippen molar-refractivity contribution in [3.8, 4) is 11.6 Å². The summed E-state index contributed by atoms with van der Waals surface area (Å²) >= 11 is 5.89. The number of anilines is 1. The molecule has 0 spiro atoms. The molecule has 0 aliphatic rings. The van der Waals surface area contributed by atoms with E-state index < -0.39 is 0 Å². The van der Waals surface area contributed by atoms with Crippen molar-refractivity contribution in [1.29, 1.82) is 0 Å². The standard InChI is InChI=1S/C13H12ClN5O/c1-2-16-11-8-19-4-3-17-12(19)13(18-11)20-10-5-9(14)6-15-7-10/h3-8,16H,2H2,1H3. The Morgan fingerprint density at radius 2 is 2.30 bits per heavy atom. The van der Waals surface area contributed by atoms with Crippen molar-refractivity contribution < 1.29 is 4.74 Å². The Kier molecular flexibility index (Phi) is 3.39. The number of pyridine rings is 1. The molecule has 20 heavy (non-hydrogen) atoms. The highest BCUT2D eigenvalue weighted by Gasteiger charge is 2.10. The van der Waals surface area contributed by atoms with Gasteiger partial charge in [0.05, 0.1) is 17.4 Å². The maximum Gasteiger partial charge on any atom is 0.265 e. The highest BCUT2D eigenvalue weighted by atomic mass is 35.5. The van der Waals surface area contributed by atoms with Crippen LogP contribution in [0.15, 0.2) is 37.1 Å². The normalized spacial score (nSPS) is 10.7. The monoisotopic (exact) mass is 289 g/mol. The van der Waals surface area contributed by atoms with Crippen molar-refractivity contribution in [2.75, 3.05) is 11.9 Å². The third kappa shape index (κ3) is 2.50. The molecule has 0 bridgehead atoms. The predicted molar refractivity (Wildman–Crippen MR) is 76.5 cm³/mol. The maximum absolute atomic E-state index is 5.89. The smallest absolute Gasteiger partial charge is 0.265 e. The van der Waals surface area contributed by atoms with Crippen molar-refractivity contribution in [3.63, 3.8) is 0 Å². The van der Waals surface area contributed by atoms with Gasteiger partial charge in [0.15, 0.2) is 0 Å². The van der Waals surface area contributed by atoms with Crippen LogP contribution in [0.5, 0.6) is 11.6 Å². The van der Waals surface area contributed by atoms with Crippen molar-refractivity contribution >= 4 is 23.1 Å². The topological polar surface area (TPSA) is 64.3 Å². The molecule has 0 aromatic carbocycles. The molecule has 0 atom stereocenters. The van der Waals surface area contributed by atoms with Gasteiger partial charge in [-0.2, -0.15) is 4.98 Å². The largest absolute Gasteiger partial charge is 0.434 e. The minimum Gasteiger partial charge on any atom is -0.434 e. The van der Waals surface area contributed by atoms with Gasteiger partial charge in [-0.1, -0.05) is 11.6 Å². The van der Waals surface area contributed by atoms with Crippen molar-refractivity contribution in [2.45, 2.75) is 6.92 Å². The van der Waals surface area contributed by atoms with Crippen LogP contribution in [0.4, 0.5) is 5.82 Å². The molecule has 7 heteroatoms. The minimum absolute atomic E-state index is 0.400. The van der Waals surface area contributed by atoms with Gasteiger partial charge in [0, 0.05) is 31.2 Å². The van der Waals surface area contributed by atoms with E-state index in [1.165, 1.54) is 0 Å². The zero-order chi connectivity index (χ0) is 13.9. The van der Waals surface area contributed by atoms with Crippen LogP contribution in [0.25, 0.3) is 5.65 Å². The van der Waals surface area contributed by atoms with Crippen LogP contribution in [0.2, 0.25) is 5.02 Å². The van der Waals surface area contributed by atoms with Gasteiger partial charge in [-0.3, -0.25) is 9.38 Å². The number of fused-ring (bicyclic) bond motifs is 1. The average molecular weight is 290 g/mol. The molecule has 0 aliphatic carbocycles. The summed E-state index contributed by atoms with van der Waals surface area (Å²) in [5.41, 5.74) is 0.631. The van der Waals surface area contributed by atoms with E-state index >= 15 is 0 Å². The van der Waals surface area contributed by atoms with Crippen LogP contribution < -0.4 is 10.1 Å². The first-order chi connectivity index (χ1) is 9.76. The molecule has 0 unspecified atom stereocenters. The number of hydrogen-bond donors (Lipinski definition) is 1. The number of aromatic nitrogens is 4. The van der Waals surface area contributed by atoms with Crippen molar-refractivity contribution in [2.24, 2.45) is 0 Å². The molecule has 0 saturated carbocycles. The molecule has 6 nitrogen and oxygen atoms in total. The quantitative estimate of drug-likeness (QED) is 0.800. The summed E-state index contributed by atoms with van der Waals surface area (Å²) in [5, 5.41) is 3.65. The second-order valence-electron chi connectivity index (χ2n) is 4.06. The Balaban J connectivity index is 2.02. The zero-order valence-corrected chi connectivity index (χ0v) is 11.5. The van der Waals surface area contributed by atoms with Crippen molar-refractivity contribution in [1.82, 2.24) is 19.4 Å². The number of halogens is 1.